The average Bonchev–Trinajstić information content (AvgIpc) is 2.66. The van der Waals surface area contributed by atoms with Gasteiger partial charge in [-0.1, -0.05) is 12.1 Å². The van der Waals surface area contributed by atoms with E-state index in [0.29, 0.717) is 18.8 Å². The van der Waals surface area contributed by atoms with Gasteiger partial charge in [0, 0.05) is 31.0 Å². The number of benzene rings is 1. The highest BCUT2D eigenvalue weighted by molar-refractivity contribution is 6.18. The SMILES string of the molecule is O=C1CC(CCl)CN1Cc1cccc(F)c1F. The van der Waals surface area contributed by atoms with Crippen molar-refractivity contribution in [3.63, 3.8) is 0 Å². The predicted octanol–water partition coefficient (Wildman–Crippen LogP) is 2.55. The maximum Gasteiger partial charge on any atom is 0.223 e. The largest absolute Gasteiger partial charge is 0.338 e. The molecule has 0 spiro atoms. The van der Waals surface area contributed by atoms with Gasteiger partial charge >= 0.3 is 0 Å². The molecule has 92 valence electrons. The highest BCUT2D eigenvalue weighted by Gasteiger charge is 2.29. The van der Waals surface area contributed by atoms with Crippen molar-refractivity contribution in [1.82, 2.24) is 4.90 Å². The number of nitrogens with zero attached hydrogens (tertiary/aromatic N) is 1. The molecule has 1 heterocycles. The van der Waals surface area contributed by atoms with Crippen molar-refractivity contribution in [1.29, 1.82) is 0 Å². The second-order valence-electron chi connectivity index (χ2n) is 4.21. The lowest BCUT2D eigenvalue weighted by atomic mass is 10.1. The molecule has 1 atom stereocenters. The number of amides is 1. The van der Waals surface area contributed by atoms with Crippen LogP contribution in [-0.4, -0.2) is 23.2 Å². The van der Waals surface area contributed by atoms with E-state index in [1.165, 1.54) is 17.0 Å². The predicted molar refractivity (Wildman–Crippen MR) is 60.6 cm³/mol. The van der Waals surface area contributed by atoms with Crippen molar-refractivity contribution in [2.75, 3.05) is 12.4 Å². The van der Waals surface area contributed by atoms with Crippen molar-refractivity contribution < 1.29 is 13.6 Å². The lowest BCUT2D eigenvalue weighted by molar-refractivity contribution is -0.128. The van der Waals surface area contributed by atoms with Crippen molar-refractivity contribution in [3.05, 3.63) is 35.4 Å². The standard InChI is InChI=1S/C12H12ClF2NO/c13-5-8-4-11(17)16(6-8)7-9-2-1-3-10(14)12(9)15/h1-3,8H,4-7H2. The first-order chi connectivity index (χ1) is 8.11. The summed E-state index contributed by atoms with van der Waals surface area (Å²) < 4.78 is 26.4. The first-order valence-electron chi connectivity index (χ1n) is 5.38. The molecule has 0 N–H and O–H groups in total. The van der Waals surface area contributed by atoms with Gasteiger partial charge in [0.2, 0.25) is 5.91 Å². The molecular weight excluding hydrogens is 248 g/mol. The van der Waals surface area contributed by atoms with Gasteiger partial charge in [0.25, 0.3) is 0 Å². The molecule has 2 nitrogen and oxygen atoms in total. The Bertz CT molecular complexity index is 439. The number of hydrogen-bond acceptors (Lipinski definition) is 1. The number of alkyl halides is 1. The smallest absolute Gasteiger partial charge is 0.223 e. The van der Waals surface area contributed by atoms with E-state index in [4.69, 9.17) is 11.6 Å². The molecule has 1 aromatic carbocycles. The van der Waals surface area contributed by atoms with Gasteiger partial charge in [-0.2, -0.15) is 0 Å². The van der Waals surface area contributed by atoms with Crippen molar-refractivity contribution in [3.8, 4) is 0 Å². The first kappa shape index (κ1) is 12.3. The first-order valence-corrected chi connectivity index (χ1v) is 5.92. The summed E-state index contributed by atoms with van der Waals surface area (Å²) in [5.74, 6) is -1.30. The summed E-state index contributed by atoms with van der Waals surface area (Å²) in [6, 6.07) is 3.99. The number of hydrogen-bond donors (Lipinski definition) is 0. The van der Waals surface area contributed by atoms with E-state index in [0.717, 1.165) is 6.07 Å². The molecule has 5 heteroatoms. The second kappa shape index (κ2) is 5.00. The summed E-state index contributed by atoms with van der Waals surface area (Å²) in [7, 11) is 0. The Morgan fingerprint density at radius 2 is 2.18 bits per heavy atom. The third-order valence-corrected chi connectivity index (χ3v) is 3.34. The summed E-state index contributed by atoms with van der Waals surface area (Å²) >= 11 is 5.68. The highest BCUT2D eigenvalue weighted by Crippen LogP contribution is 2.22. The Morgan fingerprint density at radius 1 is 1.41 bits per heavy atom. The van der Waals surface area contributed by atoms with Crippen LogP contribution in [0.1, 0.15) is 12.0 Å². The Labute approximate surface area is 103 Å². The molecule has 1 saturated heterocycles. The minimum Gasteiger partial charge on any atom is -0.338 e. The fourth-order valence-corrected chi connectivity index (χ4v) is 2.19. The van der Waals surface area contributed by atoms with E-state index in [-0.39, 0.29) is 23.9 Å². The van der Waals surface area contributed by atoms with Crippen LogP contribution in [0.2, 0.25) is 0 Å². The normalized spacial score (nSPS) is 20.1. The van der Waals surface area contributed by atoms with Crippen LogP contribution in [0.5, 0.6) is 0 Å². The topological polar surface area (TPSA) is 20.3 Å². The molecule has 2 rings (SSSR count). The third-order valence-electron chi connectivity index (χ3n) is 2.91. The summed E-state index contributed by atoms with van der Waals surface area (Å²) in [4.78, 5) is 13.1. The molecule has 1 amide bonds. The Morgan fingerprint density at radius 3 is 2.82 bits per heavy atom. The number of likely N-dealkylation sites (tertiary alicyclic amines) is 1. The van der Waals surface area contributed by atoms with Crippen LogP contribution in [0.15, 0.2) is 18.2 Å². The van der Waals surface area contributed by atoms with E-state index < -0.39 is 11.6 Å². The van der Waals surface area contributed by atoms with E-state index in [1.807, 2.05) is 0 Å². The van der Waals surface area contributed by atoms with E-state index in [2.05, 4.69) is 0 Å². The Balaban J connectivity index is 2.11. The number of rotatable bonds is 3. The monoisotopic (exact) mass is 259 g/mol. The lowest BCUT2D eigenvalue weighted by Crippen LogP contribution is -2.25. The number of halogens is 3. The van der Waals surface area contributed by atoms with Crippen LogP contribution in [0.25, 0.3) is 0 Å². The van der Waals surface area contributed by atoms with E-state index in [9.17, 15) is 13.6 Å². The van der Waals surface area contributed by atoms with Crippen LogP contribution in [0, 0.1) is 17.6 Å². The number of carbonyl (C=O) groups is 1. The molecule has 0 aliphatic carbocycles. The van der Waals surface area contributed by atoms with Crippen molar-refractivity contribution in [2.45, 2.75) is 13.0 Å². The zero-order valence-electron chi connectivity index (χ0n) is 9.13. The van der Waals surface area contributed by atoms with Gasteiger partial charge < -0.3 is 4.90 Å². The zero-order chi connectivity index (χ0) is 12.4. The second-order valence-corrected chi connectivity index (χ2v) is 4.52. The zero-order valence-corrected chi connectivity index (χ0v) is 9.88. The van der Waals surface area contributed by atoms with Crippen LogP contribution >= 0.6 is 11.6 Å². The maximum absolute atomic E-state index is 13.4. The highest BCUT2D eigenvalue weighted by atomic mass is 35.5. The fraction of sp³-hybridized carbons (Fsp3) is 0.417. The third kappa shape index (κ3) is 2.57. The summed E-state index contributed by atoms with van der Waals surface area (Å²) in [5, 5.41) is 0. The van der Waals surface area contributed by atoms with E-state index in [1.54, 1.807) is 0 Å². The van der Waals surface area contributed by atoms with Gasteiger partial charge in [-0.25, -0.2) is 8.78 Å². The molecule has 0 saturated carbocycles. The van der Waals surface area contributed by atoms with Gasteiger partial charge in [-0.15, -0.1) is 11.6 Å². The van der Waals surface area contributed by atoms with Crippen molar-refractivity contribution in [2.24, 2.45) is 5.92 Å². The molecule has 1 aliphatic heterocycles. The van der Waals surface area contributed by atoms with Crippen LogP contribution < -0.4 is 0 Å². The number of carbonyl (C=O) groups excluding carboxylic acids is 1. The molecule has 1 fully saturated rings. The fourth-order valence-electron chi connectivity index (χ4n) is 1.99. The molecule has 1 unspecified atom stereocenters. The minimum atomic E-state index is -0.886. The summed E-state index contributed by atoms with van der Waals surface area (Å²) in [5.41, 5.74) is 0.202. The summed E-state index contributed by atoms with van der Waals surface area (Å²) in [6.07, 6.45) is 0.389. The van der Waals surface area contributed by atoms with Crippen LogP contribution in [-0.2, 0) is 11.3 Å². The molecule has 0 radical (unpaired) electrons. The average molecular weight is 260 g/mol. The van der Waals surface area contributed by atoms with Gasteiger partial charge in [-0.3, -0.25) is 4.79 Å². The molecular formula is C12H12ClF2NO. The van der Waals surface area contributed by atoms with Gasteiger partial charge in [0.1, 0.15) is 0 Å². The maximum atomic E-state index is 13.4. The molecule has 0 bridgehead atoms. The quantitative estimate of drug-likeness (QED) is 0.764. The van der Waals surface area contributed by atoms with Crippen molar-refractivity contribution >= 4 is 17.5 Å². The lowest BCUT2D eigenvalue weighted by Gasteiger charge is -2.16. The minimum absolute atomic E-state index is 0.0562. The molecule has 1 aliphatic rings. The van der Waals surface area contributed by atoms with E-state index >= 15 is 0 Å². The van der Waals surface area contributed by atoms with Gasteiger partial charge in [0.15, 0.2) is 11.6 Å². The van der Waals surface area contributed by atoms with Gasteiger partial charge in [0.05, 0.1) is 0 Å². The Hall–Kier alpha value is -1.16. The molecule has 17 heavy (non-hydrogen) atoms. The Kier molecular flexibility index (Phi) is 3.62. The molecule has 1 aromatic rings. The van der Waals surface area contributed by atoms with Gasteiger partial charge in [-0.05, 0) is 12.0 Å². The summed E-state index contributed by atoms with van der Waals surface area (Å²) in [6.45, 7) is 0.619. The van der Waals surface area contributed by atoms with Crippen LogP contribution in [0.4, 0.5) is 8.78 Å². The molecule has 0 aromatic heterocycles. The van der Waals surface area contributed by atoms with Crippen LogP contribution in [0.3, 0.4) is 0 Å².